The van der Waals surface area contributed by atoms with Crippen molar-refractivity contribution in [3.05, 3.63) is 0 Å². The third-order valence-electron chi connectivity index (χ3n) is 7.59. The molecule has 1 saturated carbocycles. The number of aliphatic imine (C=N–C) groups is 2. The van der Waals surface area contributed by atoms with Gasteiger partial charge in [0.25, 0.3) is 0 Å². The highest BCUT2D eigenvalue weighted by molar-refractivity contribution is 7.80. The molecule has 3 rings (SSSR count). The van der Waals surface area contributed by atoms with Gasteiger partial charge in [-0.25, -0.2) is 9.98 Å². The molecule has 44 heavy (non-hydrogen) atoms. The Bertz CT molecular complexity index is 1090. The first-order valence-corrected chi connectivity index (χ1v) is 13.8. The van der Waals surface area contributed by atoms with Crippen LogP contribution in [0.3, 0.4) is 0 Å². The molecule has 3 fully saturated rings. The molecule has 0 aromatic rings. The Morgan fingerprint density at radius 3 is 2.05 bits per heavy atom. The van der Waals surface area contributed by atoms with Gasteiger partial charge in [-0.1, -0.05) is 0 Å². The van der Waals surface area contributed by atoms with Crippen LogP contribution in [-0.2, 0) is 18.9 Å². The fraction of sp³-hybridized carbons (Fsp3) is 0.818. The van der Waals surface area contributed by atoms with Crippen LogP contribution < -0.4 is 39.4 Å². The van der Waals surface area contributed by atoms with Gasteiger partial charge < -0.3 is 88.7 Å². The van der Waals surface area contributed by atoms with Crippen molar-refractivity contribution < 1.29 is 54.7 Å². The molecule has 15 atom stereocenters. The van der Waals surface area contributed by atoms with E-state index in [4.69, 9.17) is 59.8 Å². The number of hydrazone groups is 1. The Kier molecular flexibility index (Phi) is 12.0. The van der Waals surface area contributed by atoms with Gasteiger partial charge >= 0.3 is 0 Å². The summed E-state index contributed by atoms with van der Waals surface area (Å²) >= 11 is 4.74. The van der Waals surface area contributed by atoms with Crippen LogP contribution in [0.4, 0.5) is 0 Å². The summed E-state index contributed by atoms with van der Waals surface area (Å²) in [5, 5.41) is 81.7. The maximum atomic E-state index is 11.8. The quantitative estimate of drug-likeness (QED) is 0.0450. The Morgan fingerprint density at radius 2 is 1.50 bits per heavy atom. The first kappa shape index (κ1) is 35.9. The normalized spacial score (nSPS) is 44.3. The molecule has 0 radical (unpaired) electrons. The molecule has 22 heteroatoms. The Labute approximate surface area is 256 Å². The summed E-state index contributed by atoms with van der Waals surface area (Å²) in [5.74, 6) is -1.02. The molecular weight excluding hydrogens is 612 g/mol. The number of rotatable bonds is 10. The topological polar surface area (TPSA) is 370 Å². The second kappa shape index (κ2) is 14.7. The fourth-order valence-corrected chi connectivity index (χ4v) is 5.35. The van der Waals surface area contributed by atoms with Gasteiger partial charge in [0.05, 0.1) is 25.0 Å². The van der Waals surface area contributed by atoms with Crippen LogP contribution in [0.25, 0.3) is 0 Å². The molecule has 0 amide bonds. The lowest BCUT2D eigenvalue weighted by Crippen LogP contribution is -2.66. The Hall–Kier alpha value is -2.58. The van der Waals surface area contributed by atoms with Crippen LogP contribution >= 0.6 is 12.2 Å². The van der Waals surface area contributed by atoms with Crippen molar-refractivity contribution in [2.45, 2.75) is 98.2 Å². The molecule has 2 saturated heterocycles. The highest BCUT2D eigenvalue weighted by Crippen LogP contribution is 2.38. The van der Waals surface area contributed by atoms with Crippen molar-refractivity contribution in [1.29, 1.82) is 0 Å². The van der Waals surface area contributed by atoms with Crippen LogP contribution in [0.1, 0.15) is 6.92 Å². The minimum atomic E-state index is -2.18. The van der Waals surface area contributed by atoms with E-state index in [2.05, 4.69) is 25.8 Å². The number of hydrogen-bond donors (Lipinski definition) is 14. The van der Waals surface area contributed by atoms with E-state index in [1.54, 1.807) is 0 Å². The molecular formula is C22H42N10O11S. The minimum Gasteiger partial charge on any atom is -0.394 e. The van der Waals surface area contributed by atoms with Crippen molar-refractivity contribution in [1.82, 2.24) is 10.7 Å². The predicted octanol–water partition coefficient (Wildman–Crippen LogP) is -8.54. The Balaban J connectivity index is 2.04. The van der Waals surface area contributed by atoms with E-state index in [9.17, 15) is 35.7 Å². The highest BCUT2D eigenvalue weighted by atomic mass is 32.1. The summed E-state index contributed by atoms with van der Waals surface area (Å²) in [7, 11) is 1.44. The summed E-state index contributed by atoms with van der Waals surface area (Å²) in [6.45, 7) is 0.721. The first-order chi connectivity index (χ1) is 20.6. The maximum absolute atomic E-state index is 11.8. The van der Waals surface area contributed by atoms with Gasteiger partial charge in [0.1, 0.15) is 60.9 Å². The van der Waals surface area contributed by atoms with Crippen LogP contribution in [0.15, 0.2) is 15.1 Å². The number of nitrogens with zero attached hydrogens (tertiary/aromatic N) is 3. The molecule has 19 N–H and O–H groups in total. The number of thiocarbonyl (C=S) groups is 1. The third-order valence-corrected chi connectivity index (χ3v) is 7.69. The molecule has 0 aromatic heterocycles. The van der Waals surface area contributed by atoms with Crippen molar-refractivity contribution in [2.24, 2.45) is 43.8 Å². The number of hydrogen-bond acceptors (Lipinski definition) is 16. The van der Waals surface area contributed by atoms with Gasteiger partial charge in [-0.3, -0.25) is 5.43 Å². The van der Waals surface area contributed by atoms with E-state index >= 15 is 0 Å². The fourth-order valence-electron chi connectivity index (χ4n) is 5.29. The Morgan fingerprint density at radius 1 is 0.886 bits per heavy atom. The molecule has 2 aliphatic heterocycles. The third kappa shape index (κ3) is 7.44. The first-order valence-electron chi connectivity index (χ1n) is 13.4. The second-order valence-corrected chi connectivity index (χ2v) is 10.9. The lowest BCUT2D eigenvalue weighted by molar-refractivity contribution is -0.313. The van der Waals surface area contributed by atoms with Gasteiger partial charge in [-0.2, -0.15) is 5.10 Å². The number of nitrogens with two attached hydrogens (primary N) is 5. The second-order valence-electron chi connectivity index (χ2n) is 10.5. The number of nitrogens with one attached hydrogen (secondary N) is 2. The number of ether oxygens (including phenoxy) is 4. The standard InChI is InChI=1S/C22H42N10O11S/c1-5-22(39,4-29-32-21(27)44)16(43-17-9(28-2)13(37)10(34)6(3-33)41-17)18(40-5)42-15-8(31-20(25)26)11(35)7(30-19(23)24)12(36)14(15)38/h4-18,28,33-39H,3H2,1-2H3,(H4,23,24,30)(H4,25,26,31)(H3,27,32,44). The van der Waals surface area contributed by atoms with Gasteiger partial charge in [0, 0.05) is 0 Å². The number of aliphatic hydroxyl groups excluding tert-OH is 6. The largest absolute Gasteiger partial charge is 0.394 e. The SMILES string of the molecule is CNC1C(OC2C(OC3C(O)C(O)C(N=C(N)N)C(O)C3N=C(N)N)OC(C)C2(O)C=NNC(N)=S)OC(CO)C(O)C1O. The molecule has 0 aromatic carbocycles. The van der Waals surface area contributed by atoms with Gasteiger partial charge in [-0.15, -0.1) is 0 Å². The number of guanidine groups is 2. The van der Waals surface area contributed by atoms with E-state index in [1.165, 1.54) is 14.0 Å². The van der Waals surface area contributed by atoms with Crippen LogP contribution in [0.5, 0.6) is 0 Å². The molecule has 252 valence electrons. The summed E-state index contributed by atoms with van der Waals surface area (Å²) in [5.41, 5.74) is 27.5. The van der Waals surface area contributed by atoms with Gasteiger partial charge in [0.2, 0.25) is 0 Å². The molecule has 15 unspecified atom stereocenters. The van der Waals surface area contributed by atoms with Crippen LogP contribution in [-0.4, -0.2) is 164 Å². The summed E-state index contributed by atoms with van der Waals surface area (Å²) < 4.78 is 23.6. The van der Waals surface area contributed by atoms with Crippen LogP contribution in [0.2, 0.25) is 0 Å². The van der Waals surface area contributed by atoms with E-state index in [0.717, 1.165) is 6.21 Å². The monoisotopic (exact) mass is 654 g/mol. The lowest BCUT2D eigenvalue weighted by atomic mass is 9.81. The molecule has 0 spiro atoms. The van der Waals surface area contributed by atoms with Crippen molar-refractivity contribution in [3.63, 3.8) is 0 Å². The zero-order valence-corrected chi connectivity index (χ0v) is 24.6. The zero-order valence-electron chi connectivity index (χ0n) is 23.8. The molecule has 1 aliphatic carbocycles. The zero-order chi connectivity index (χ0) is 33.1. The average Bonchev–Trinajstić information content (AvgIpc) is 3.17. The average molecular weight is 655 g/mol. The number of likely N-dealkylation sites (N-methyl/N-ethyl adjacent to an activating group) is 1. The molecule has 3 aliphatic rings. The smallest absolute Gasteiger partial charge is 0.188 e. The van der Waals surface area contributed by atoms with E-state index in [-0.39, 0.29) is 5.11 Å². The molecule has 0 bridgehead atoms. The summed E-state index contributed by atoms with van der Waals surface area (Å²) in [6.07, 6.45) is -16.2. The van der Waals surface area contributed by atoms with Gasteiger partial charge in [-0.05, 0) is 26.2 Å². The van der Waals surface area contributed by atoms with E-state index in [0.29, 0.717) is 0 Å². The maximum Gasteiger partial charge on any atom is 0.188 e. The predicted molar refractivity (Wildman–Crippen MR) is 155 cm³/mol. The molecule has 2 heterocycles. The summed E-state index contributed by atoms with van der Waals surface area (Å²) in [4.78, 5) is 7.71. The minimum absolute atomic E-state index is 0.237. The van der Waals surface area contributed by atoms with Crippen molar-refractivity contribution in [2.75, 3.05) is 13.7 Å². The number of aliphatic hydroxyl groups is 7. The van der Waals surface area contributed by atoms with Gasteiger partial charge in [0.15, 0.2) is 35.2 Å². The van der Waals surface area contributed by atoms with E-state index in [1.807, 2.05) is 0 Å². The van der Waals surface area contributed by atoms with Crippen molar-refractivity contribution >= 4 is 35.5 Å². The summed E-state index contributed by atoms with van der Waals surface area (Å²) in [6, 6.07) is -4.07. The highest BCUT2D eigenvalue weighted by Gasteiger charge is 2.60. The van der Waals surface area contributed by atoms with Crippen molar-refractivity contribution in [3.8, 4) is 0 Å². The molecule has 21 nitrogen and oxygen atoms in total. The van der Waals surface area contributed by atoms with E-state index < -0.39 is 110 Å². The lowest BCUT2D eigenvalue weighted by Gasteiger charge is -2.45. The van der Waals surface area contributed by atoms with Crippen LogP contribution in [0, 0.1) is 0 Å².